The first kappa shape index (κ1) is 14.1. The molecule has 19 heavy (non-hydrogen) atoms. The molecule has 104 valence electrons. The smallest absolute Gasteiger partial charge is 0.0897 e. The van der Waals surface area contributed by atoms with E-state index in [-0.39, 0.29) is 0 Å². The largest absolute Gasteiger partial charge is 0.473 e. The molecule has 2 aliphatic heterocycles. The van der Waals surface area contributed by atoms with Crippen LogP contribution >= 0.6 is 0 Å². The Balaban J connectivity index is 1.83. The van der Waals surface area contributed by atoms with Gasteiger partial charge in [-0.3, -0.25) is 0 Å². The number of hydrogen-bond acceptors (Lipinski definition) is 3. The van der Waals surface area contributed by atoms with Crippen LogP contribution in [0.25, 0.3) is 0 Å². The zero-order valence-corrected chi connectivity index (χ0v) is 11.3. The first-order valence-corrected chi connectivity index (χ1v) is 6.78. The van der Waals surface area contributed by atoms with Crippen LogP contribution in [0.15, 0.2) is 49.0 Å². The highest BCUT2D eigenvalue weighted by Crippen LogP contribution is 2.23. The number of epoxide rings is 2. The fourth-order valence-corrected chi connectivity index (χ4v) is 1.91. The summed E-state index contributed by atoms with van der Waals surface area (Å²) >= 11 is 0. The zero-order chi connectivity index (χ0) is 13.5. The predicted molar refractivity (Wildman–Crippen MR) is 75.6 cm³/mol. The maximum absolute atomic E-state index is 5.59. The van der Waals surface area contributed by atoms with E-state index in [1.54, 1.807) is 0 Å². The Morgan fingerprint density at radius 3 is 1.68 bits per heavy atom. The minimum absolute atomic E-state index is 0.381. The molecule has 0 aromatic carbocycles. The van der Waals surface area contributed by atoms with Gasteiger partial charge in [-0.1, -0.05) is 12.2 Å². The lowest BCUT2D eigenvalue weighted by atomic mass is 10.1. The van der Waals surface area contributed by atoms with Crippen molar-refractivity contribution in [1.82, 2.24) is 0 Å². The van der Waals surface area contributed by atoms with Crippen molar-refractivity contribution in [2.24, 2.45) is 0 Å². The van der Waals surface area contributed by atoms with Crippen LogP contribution < -0.4 is 0 Å². The predicted octanol–water partition coefficient (Wildman–Crippen LogP) is 3.50. The maximum Gasteiger partial charge on any atom is 0.0897 e. The number of ether oxygens (including phenoxy) is 3. The molecule has 0 radical (unpaired) electrons. The van der Waals surface area contributed by atoms with Gasteiger partial charge in [0, 0.05) is 12.8 Å². The monoisotopic (exact) mass is 262 g/mol. The average molecular weight is 262 g/mol. The van der Waals surface area contributed by atoms with Crippen LogP contribution in [0.5, 0.6) is 0 Å². The van der Waals surface area contributed by atoms with Crippen LogP contribution in [0.3, 0.4) is 0 Å². The van der Waals surface area contributed by atoms with Crippen LogP contribution in [0, 0.1) is 0 Å². The summed E-state index contributed by atoms with van der Waals surface area (Å²) in [5, 5.41) is 0. The van der Waals surface area contributed by atoms with E-state index in [9.17, 15) is 0 Å². The molecule has 0 amide bonds. The molecule has 0 saturated carbocycles. The first-order valence-electron chi connectivity index (χ1n) is 6.78. The summed E-state index contributed by atoms with van der Waals surface area (Å²) in [5.41, 5.74) is 2.43. The van der Waals surface area contributed by atoms with Gasteiger partial charge < -0.3 is 14.2 Å². The molecular formula is C16H22O3. The molecular weight excluding hydrogens is 240 g/mol. The number of hydrogen-bond donors (Lipinski definition) is 0. The summed E-state index contributed by atoms with van der Waals surface area (Å²) in [6.07, 6.45) is 11.7. The second kappa shape index (κ2) is 7.31. The Kier molecular flexibility index (Phi) is 5.43. The Hall–Kier alpha value is -1.32. The molecule has 2 rings (SSSR count). The molecule has 2 saturated heterocycles. The van der Waals surface area contributed by atoms with E-state index in [2.05, 4.69) is 13.2 Å². The van der Waals surface area contributed by atoms with Gasteiger partial charge in [-0.2, -0.15) is 0 Å². The molecule has 0 aromatic rings. The molecule has 0 aliphatic carbocycles. The van der Waals surface area contributed by atoms with Crippen molar-refractivity contribution in [1.29, 1.82) is 0 Å². The van der Waals surface area contributed by atoms with Gasteiger partial charge in [-0.25, -0.2) is 0 Å². The van der Waals surface area contributed by atoms with Crippen LogP contribution in [-0.2, 0) is 14.2 Å². The number of allylic oxidation sites excluding steroid dienone is 2. The van der Waals surface area contributed by atoms with Gasteiger partial charge in [-0.05, 0) is 24.0 Å². The summed E-state index contributed by atoms with van der Waals surface area (Å²) in [6, 6.07) is 0. The SMILES string of the molecule is C=CCC(=COC=C(CC=C)CC1CO1)CC1CO1. The highest BCUT2D eigenvalue weighted by Gasteiger charge is 2.24. The van der Waals surface area contributed by atoms with Crippen LogP contribution in [0.2, 0.25) is 0 Å². The van der Waals surface area contributed by atoms with Gasteiger partial charge in [0.25, 0.3) is 0 Å². The normalized spacial score (nSPS) is 25.9. The molecule has 0 bridgehead atoms. The van der Waals surface area contributed by atoms with E-state index in [1.165, 1.54) is 11.1 Å². The van der Waals surface area contributed by atoms with Crippen LogP contribution in [-0.4, -0.2) is 25.4 Å². The summed E-state index contributed by atoms with van der Waals surface area (Å²) in [4.78, 5) is 0. The molecule has 0 N–H and O–H groups in total. The minimum atomic E-state index is 0.381. The first-order chi connectivity index (χ1) is 9.31. The van der Waals surface area contributed by atoms with Gasteiger partial charge in [0.05, 0.1) is 37.9 Å². The fraction of sp³-hybridized carbons (Fsp3) is 0.500. The van der Waals surface area contributed by atoms with Crippen molar-refractivity contribution < 1.29 is 14.2 Å². The van der Waals surface area contributed by atoms with E-state index in [0.29, 0.717) is 12.2 Å². The standard InChI is InChI=1S/C16H22O3/c1-3-5-13(7-15-11-18-15)9-17-10-14(6-4-2)8-16-12-19-16/h3-4,9-10,15-16H,1-2,5-8,11-12H2. The van der Waals surface area contributed by atoms with E-state index in [4.69, 9.17) is 14.2 Å². The van der Waals surface area contributed by atoms with Crippen molar-refractivity contribution in [3.05, 3.63) is 49.0 Å². The number of rotatable bonds is 10. The zero-order valence-electron chi connectivity index (χ0n) is 11.3. The molecule has 0 spiro atoms. The third-order valence-corrected chi connectivity index (χ3v) is 3.07. The van der Waals surface area contributed by atoms with Crippen molar-refractivity contribution in [2.75, 3.05) is 13.2 Å². The molecule has 0 aromatic heterocycles. The van der Waals surface area contributed by atoms with Crippen LogP contribution in [0.1, 0.15) is 25.7 Å². The van der Waals surface area contributed by atoms with E-state index >= 15 is 0 Å². The van der Waals surface area contributed by atoms with E-state index in [1.807, 2.05) is 24.7 Å². The maximum atomic E-state index is 5.59. The molecule has 2 heterocycles. The second-order valence-electron chi connectivity index (χ2n) is 4.99. The van der Waals surface area contributed by atoms with Gasteiger partial charge in [0.15, 0.2) is 0 Å². The van der Waals surface area contributed by atoms with Gasteiger partial charge >= 0.3 is 0 Å². The molecule has 2 fully saturated rings. The summed E-state index contributed by atoms with van der Waals surface area (Å²) in [7, 11) is 0. The van der Waals surface area contributed by atoms with Gasteiger partial charge in [-0.15, -0.1) is 13.2 Å². The van der Waals surface area contributed by atoms with Crippen molar-refractivity contribution in [3.8, 4) is 0 Å². The second-order valence-corrected chi connectivity index (χ2v) is 4.99. The third kappa shape index (κ3) is 5.90. The highest BCUT2D eigenvalue weighted by atomic mass is 16.6. The van der Waals surface area contributed by atoms with Crippen molar-refractivity contribution in [2.45, 2.75) is 37.9 Å². The van der Waals surface area contributed by atoms with Crippen molar-refractivity contribution >= 4 is 0 Å². The third-order valence-electron chi connectivity index (χ3n) is 3.07. The quantitative estimate of drug-likeness (QED) is 0.343. The van der Waals surface area contributed by atoms with E-state index in [0.717, 1.165) is 38.9 Å². The van der Waals surface area contributed by atoms with Gasteiger partial charge in [0.2, 0.25) is 0 Å². The Morgan fingerprint density at radius 1 is 0.947 bits per heavy atom. The Bertz CT molecular complexity index is 337. The highest BCUT2D eigenvalue weighted by molar-refractivity contribution is 5.10. The molecule has 2 aliphatic rings. The van der Waals surface area contributed by atoms with Crippen LogP contribution in [0.4, 0.5) is 0 Å². The summed E-state index contributed by atoms with van der Waals surface area (Å²) in [6.45, 7) is 9.26. The average Bonchev–Trinajstić information content (AvgIpc) is 3.24. The lowest BCUT2D eigenvalue weighted by Gasteiger charge is -2.04. The molecule has 3 heteroatoms. The summed E-state index contributed by atoms with van der Waals surface area (Å²) in [5.74, 6) is 0. The fourth-order valence-electron chi connectivity index (χ4n) is 1.91. The summed E-state index contributed by atoms with van der Waals surface area (Å²) < 4.78 is 16.1. The lowest BCUT2D eigenvalue weighted by molar-refractivity contribution is 0.371. The Labute approximate surface area is 115 Å². The van der Waals surface area contributed by atoms with Gasteiger partial charge in [0.1, 0.15) is 0 Å². The Morgan fingerprint density at radius 2 is 1.37 bits per heavy atom. The van der Waals surface area contributed by atoms with Crippen molar-refractivity contribution in [3.63, 3.8) is 0 Å². The minimum Gasteiger partial charge on any atom is -0.473 e. The molecule has 3 nitrogen and oxygen atoms in total. The lowest BCUT2D eigenvalue weighted by Crippen LogP contribution is -1.93. The molecule has 2 atom stereocenters. The molecule has 2 unspecified atom stereocenters. The topological polar surface area (TPSA) is 34.3 Å². The van der Waals surface area contributed by atoms with E-state index < -0.39 is 0 Å².